The number of aliphatic hydroxyl groups is 1. The average Bonchev–Trinajstić information content (AvgIpc) is 3.19. The Labute approximate surface area is 197 Å². The van der Waals surface area contributed by atoms with Crippen LogP contribution in [0.1, 0.15) is 43.2 Å². The van der Waals surface area contributed by atoms with Gasteiger partial charge in [0.2, 0.25) is 11.8 Å². The molecule has 4 rings (SSSR count). The minimum atomic E-state index is -1.44. The van der Waals surface area contributed by atoms with Crippen LogP contribution in [0.3, 0.4) is 0 Å². The van der Waals surface area contributed by atoms with Gasteiger partial charge in [0, 0.05) is 23.0 Å². The number of primary amides is 1. The number of aliphatic hydroxyl groups excluding tert-OH is 1. The van der Waals surface area contributed by atoms with E-state index in [9.17, 15) is 19.5 Å². The van der Waals surface area contributed by atoms with Crippen LogP contribution in [0.5, 0.6) is 0 Å². The van der Waals surface area contributed by atoms with Crippen LogP contribution < -0.4 is 16.4 Å². The Morgan fingerprint density at radius 1 is 1.06 bits per heavy atom. The number of carbonyl (C=O) groups excluding carboxylic acids is 3. The van der Waals surface area contributed by atoms with Crippen molar-refractivity contribution in [1.82, 2.24) is 15.6 Å². The van der Waals surface area contributed by atoms with E-state index in [1.165, 1.54) is 0 Å². The number of fused-ring (bicyclic) bond motifs is 3. The Balaban J connectivity index is 1.70. The first kappa shape index (κ1) is 23.5. The van der Waals surface area contributed by atoms with Crippen molar-refractivity contribution in [3.8, 4) is 0 Å². The highest BCUT2D eigenvalue weighted by Gasteiger charge is 2.46. The van der Waals surface area contributed by atoms with Gasteiger partial charge in [-0.1, -0.05) is 62.4 Å². The topological polar surface area (TPSA) is 137 Å². The van der Waals surface area contributed by atoms with Crippen LogP contribution in [-0.4, -0.2) is 39.4 Å². The zero-order valence-electron chi connectivity index (χ0n) is 19.3. The Morgan fingerprint density at radius 2 is 1.74 bits per heavy atom. The number of hydrogen-bond acceptors (Lipinski definition) is 4. The van der Waals surface area contributed by atoms with E-state index < -0.39 is 35.4 Å². The summed E-state index contributed by atoms with van der Waals surface area (Å²) in [6.45, 7) is 3.58. The van der Waals surface area contributed by atoms with Gasteiger partial charge in [-0.25, -0.2) is 0 Å². The molecule has 8 nitrogen and oxygen atoms in total. The van der Waals surface area contributed by atoms with Crippen molar-refractivity contribution in [1.29, 1.82) is 0 Å². The number of amides is 3. The number of hydrogen-bond donors (Lipinski definition) is 5. The molecule has 3 atom stereocenters. The second-order valence-corrected chi connectivity index (χ2v) is 9.29. The molecule has 6 N–H and O–H groups in total. The number of para-hydroxylation sites is 1. The molecule has 0 aliphatic heterocycles. The summed E-state index contributed by atoms with van der Waals surface area (Å²) in [5, 5.41) is 17.3. The molecule has 1 unspecified atom stereocenters. The normalized spacial score (nSPS) is 19.3. The molecule has 2 aromatic carbocycles. The second-order valence-electron chi connectivity index (χ2n) is 9.29. The number of carbonyl (C=O) groups is 3. The van der Waals surface area contributed by atoms with Crippen molar-refractivity contribution in [3.05, 3.63) is 71.4 Å². The van der Waals surface area contributed by atoms with Crippen LogP contribution in [0.2, 0.25) is 0 Å². The van der Waals surface area contributed by atoms with E-state index in [2.05, 4.69) is 15.6 Å². The molecule has 0 fully saturated rings. The summed E-state index contributed by atoms with van der Waals surface area (Å²) in [4.78, 5) is 42.2. The molecule has 1 aliphatic carbocycles. The number of aromatic amines is 1. The zero-order chi connectivity index (χ0) is 24.5. The lowest BCUT2D eigenvalue weighted by molar-refractivity contribution is -0.140. The van der Waals surface area contributed by atoms with Gasteiger partial charge in [-0.15, -0.1) is 0 Å². The maximum Gasteiger partial charge on any atom is 0.254 e. The summed E-state index contributed by atoms with van der Waals surface area (Å²) in [6.07, 6.45) is -0.403. The predicted octanol–water partition coefficient (Wildman–Crippen LogP) is 1.87. The summed E-state index contributed by atoms with van der Waals surface area (Å²) < 4.78 is 0. The number of benzene rings is 2. The minimum Gasteiger partial charge on any atom is -0.378 e. The molecule has 0 bridgehead atoms. The number of aryl methyl sites for hydroxylation is 1. The van der Waals surface area contributed by atoms with Crippen LogP contribution in [0, 0.1) is 5.92 Å². The van der Waals surface area contributed by atoms with Crippen LogP contribution in [0.25, 0.3) is 10.9 Å². The van der Waals surface area contributed by atoms with Crippen LogP contribution in [0.15, 0.2) is 54.6 Å². The first-order valence-electron chi connectivity index (χ1n) is 11.5. The van der Waals surface area contributed by atoms with Crippen molar-refractivity contribution >= 4 is 28.6 Å². The molecule has 0 saturated carbocycles. The van der Waals surface area contributed by atoms with Gasteiger partial charge in [0.05, 0.1) is 0 Å². The van der Waals surface area contributed by atoms with E-state index in [0.717, 1.165) is 22.2 Å². The van der Waals surface area contributed by atoms with Crippen molar-refractivity contribution in [2.24, 2.45) is 11.7 Å². The maximum atomic E-state index is 13.7. The smallest absolute Gasteiger partial charge is 0.254 e. The number of aromatic nitrogens is 1. The zero-order valence-corrected chi connectivity index (χ0v) is 19.3. The Morgan fingerprint density at radius 3 is 2.41 bits per heavy atom. The molecule has 0 radical (unpaired) electrons. The second kappa shape index (κ2) is 9.30. The molecule has 1 aliphatic rings. The summed E-state index contributed by atoms with van der Waals surface area (Å²) in [6, 6.07) is 15.5. The van der Waals surface area contributed by atoms with Gasteiger partial charge in [-0.3, -0.25) is 14.4 Å². The van der Waals surface area contributed by atoms with E-state index in [-0.39, 0.29) is 12.3 Å². The molecule has 3 amide bonds. The fourth-order valence-electron chi connectivity index (χ4n) is 4.69. The first-order valence-corrected chi connectivity index (χ1v) is 11.5. The minimum absolute atomic E-state index is 0.217. The fraction of sp³-hybridized carbons (Fsp3) is 0.346. The lowest BCUT2D eigenvalue weighted by Gasteiger charge is -2.38. The van der Waals surface area contributed by atoms with Crippen molar-refractivity contribution < 1.29 is 19.5 Å². The lowest BCUT2D eigenvalue weighted by atomic mass is 9.78. The highest BCUT2D eigenvalue weighted by atomic mass is 16.3. The number of nitrogens with one attached hydrogen (secondary N) is 3. The molecule has 8 heteroatoms. The molecule has 1 heterocycles. The van der Waals surface area contributed by atoms with E-state index in [4.69, 9.17) is 5.73 Å². The standard InChI is InChI=1S/C26H30N4O4/c1-15(2)21(23(27)32)29-25(34)26(30-24(33)22(31)16-8-4-3-5-9-16)13-12-20-18(14-26)17-10-6-7-11-19(17)28-20/h3-11,15,21-22,28,31H,12-14H2,1-2H3,(H2,27,32)(H,29,34)(H,30,33)/t21-,22?,26+/m0/s1. The predicted molar refractivity (Wildman–Crippen MR) is 129 cm³/mol. The average molecular weight is 463 g/mol. The summed E-state index contributed by atoms with van der Waals surface area (Å²) in [5.74, 6) is -2.03. The summed E-state index contributed by atoms with van der Waals surface area (Å²) in [7, 11) is 0. The molecular weight excluding hydrogens is 432 g/mol. The highest BCUT2D eigenvalue weighted by molar-refractivity contribution is 5.97. The van der Waals surface area contributed by atoms with Gasteiger partial charge >= 0.3 is 0 Å². The number of nitrogens with two attached hydrogens (primary N) is 1. The number of rotatable bonds is 7. The fourth-order valence-corrected chi connectivity index (χ4v) is 4.69. The van der Waals surface area contributed by atoms with E-state index in [0.29, 0.717) is 18.4 Å². The molecule has 3 aromatic rings. The van der Waals surface area contributed by atoms with Crippen LogP contribution >= 0.6 is 0 Å². The molecule has 34 heavy (non-hydrogen) atoms. The Hall–Kier alpha value is -3.65. The molecule has 0 saturated heterocycles. The monoisotopic (exact) mass is 462 g/mol. The van der Waals surface area contributed by atoms with E-state index >= 15 is 0 Å². The molecule has 1 aromatic heterocycles. The van der Waals surface area contributed by atoms with Crippen LogP contribution in [-0.2, 0) is 27.2 Å². The third kappa shape index (κ3) is 4.41. The Bertz CT molecular complexity index is 1220. The van der Waals surface area contributed by atoms with Gasteiger partial charge in [-0.2, -0.15) is 0 Å². The first-order chi connectivity index (χ1) is 16.2. The maximum absolute atomic E-state index is 13.7. The largest absolute Gasteiger partial charge is 0.378 e. The quantitative estimate of drug-likeness (QED) is 0.366. The van der Waals surface area contributed by atoms with Crippen LogP contribution in [0.4, 0.5) is 0 Å². The van der Waals surface area contributed by atoms with Crippen molar-refractivity contribution in [2.75, 3.05) is 0 Å². The third-order valence-corrected chi connectivity index (χ3v) is 6.60. The SMILES string of the molecule is CC(C)[C@H](NC(=O)[C@@]1(NC(=O)C(O)c2ccccc2)CCc2[nH]c3ccccc3c2C1)C(N)=O. The van der Waals surface area contributed by atoms with Crippen molar-refractivity contribution in [2.45, 2.75) is 50.8 Å². The van der Waals surface area contributed by atoms with E-state index in [1.807, 2.05) is 24.3 Å². The highest BCUT2D eigenvalue weighted by Crippen LogP contribution is 2.35. The molecule has 178 valence electrons. The van der Waals surface area contributed by atoms with E-state index in [1.54, 1.807) is 44.2 Å². The van der Waals surface area contributed by atoms with Crippen molar-refractivity contribution in [3.63, 3.8) is 0 Å². The van der Waals surface area contributed by atoms with Gasteiger partial charge in [-0.05, 0) is 36.0 Å². The van der Waals surface area contributed by atoms with Gasteiger partial charge in [0.15, 0.2) is 6.10 Å². The summed E-state index contributed by atoms with van der Waals surface area (Å²) in [5.41, 5.74) is 7.51. The number of H-pyrrole nitrogens is 1. The summed E-state index contributed by atoms with van der Waals surface area (Å²) >= 11 is 0. The third-order valence-electron chi connectivity index (χ3n) is 6.60. The van der Waals surface area contributed by atoms with Gasteiger partial charge < -0.3 is 26.5 Å². The molecular formula is C26H30N4O4. The Kier molecular flexibility index (Phi) is 6.43. The molecule has 0 spiro atoms. The van der Waals surface area contributed by atoms with Gasteiger partial charge in [0.25, 0.3) is 5.91 Å². The lowest BCUT2D eigenvalue weighted by Crippen LogP contribution is -2.65. The van der Waals surface area contributed by atoms with Gasteiger partial charge in [0.1, 0.15) is 11.6 Å².